The summed E-state index contributed by atoms with van der Waals surface area (Å²) in [5, 5.41) is 11.2. The van der Waals surface area contributed by atoms with Gasteiger partial charge in [0, 0.05) is 12.1 Å². The van der Waals surface area contributed by atoms with Gasteiger partial charge in [-0.05, 0) is 70.0 Å². The third-order valence-corrected chi connectivity index (χ3v) is 5.35. The number of hydrogen-bond acceptors (Lipinski definition) is 6. The average molecular weight is 427 g/mol. The second kappa shape index (κ2) is 8.98. The molecule has 0 bridgehead atoms. The molecule has 1 atom stereocenters. The van der Waals surface area contributed by atoms with E-state index < -0.39 is 17.7 Å². The molecular weight excluding hydrogens is 398 g/mol. The molecule has 2 aromatic rings. The number of hydrogen-bond donors (Lipinski definition) is 1. The lowest BCUT2D eigenvalue weighted by molar-refractivity contribution is -0.140. The Kier molecular flexibility index (Phi) is 6.55. The Morgan fingerprint density at radius 1 is 1.16 bits per heavy atom. The molecule has 2 heterocycles. The summed E-state index contributed by atoms with van der Waals surface area (Å²) in [5.41, 5.74) is 2.02. The predicted molar refractivity (Wildman–Crippen MR) is 116 cm³/mol. The quantitative estimate of drug-likeness (QED) is 0.407. The van der Waals surface area contributed by atoms with Gasteiger partial charge in [-0.2, -0.15) is 0 Å². The third-order valence-electron chi connectivity index (χ3n) is 5.35. The molecule has 7 nitrogen and oxygen atoms in total. The summed E-state index contributed by atoms with van der Waals surface area (Å²) >= 11 is 0. The molecule has 1 amide bonds. The molecule has 1 unspecified atom stereocenters. The Bertz CT molecular complexity index is 1030. The van der Waals surface area contributed by atoms with Crippen LogP contribution in [0.5, 0.6) is 5.75 Å². The summed E-state index contributed by atoms with van der Waals surface area (Å²) in [6, 6.07) is 6.21. The molecular formula is C24H29NO6. The molecule has 3 rings (SSSR count). The summed E-state index contributed by atoms with van der Waals surface area (Å²) in [7, 11) is 1.57. The van der Waals surface area contributed by atoms with E-state index in [9.17, 15) is 14.7 Å². The number of Topliss-reactive ketones (excluding diaryl/α,β-unsaturated/α-hetero) is 1. The van der Waals surface area contributed by atoms with Crippen molar-refractivity contribution < 1.29 is 28.6 Å². The van der Waals surface area contributed by atoms with Crippen LogP contribution < -0.4 is 4.74 Å². The molecule has 1 aromatic carbocycles. The number of rotatable bonds is 7. The first kappa shape index (κ1) is 22.6. The molecule has 0 saturated carbocycles. The molecule has 1 aliphatic rings. The molecule has 0 spiro atoms. The van der Waals surface area contributed by atoms with Crippen LogP contribution in [0.1, 0.15) is 48.1 Å². The standard InChI is InChI=1S/C24H29NO6/c1-13(2)30-10-9-25-21(18-8-7-16(5)31-18)20(23(27)24(25)28)22(26)17-11-15(4)19(29-6)12-14(17)3/h7-8,11-13,21,26H,9-10H2,1-6H3/b22-20+. The first-order valence-electron chi connectivity index (χ1n) is 10.3. The van der Waals surface area contributed by atoms with Gasteiger partial charge in [-0.15, -0.1) is 0 Å². The number of aliphatic hydroxyl groups excluding tert-OH is 1. The molecule has 166 valence electrons. The van der Waals surface area contributed by atoms with Gasteiger partial charge in [0.1, 0.15) is 29.1 Å². The normalized spacial score (nSPS) is 18.3. The second-order valence-electron chi connectivity index (χ2n) is 8.00. The van der Waals surface area contributed by atoms with E-state index in [4.69, 9.17) is 13.9 Å². The summed E-state index contributed by atoms with van der Waals surface area (Å²) in [5.74, 6) is 0.0949. The zero-order valence-corrected chi connectivity index (χ0v) is 18.8. The van der Waals surface area contributed by atoms with Gasteiger partial charge in [-0.3, -0.25) is 9.59 Å². The highest BCUT2D eigenvalue weighted by molar-refractivity contribution is 6.46. The average Bonchev–Trinajstić information content (AvgIpc) is 3.24. The lowest BCUT2D eigenvalue weighted by Crippen LogP contribution is -2.33. The molecule has 31 heavy (non-hydrogen) atoms. The molecule has 0 radical (unpaired) electrons. The van der Waals surface area contributed by atoms with Gasteiger partial charge in [0.05, 0.1) is 25.4 Å². The van der Waals surface area contributed by atoms with Crippen molar-refractivity contribution in [2.45, 2.75) is 46.8 Å². The number of aliphatic hydroxyl groups is 1. The largest absolute Gasteiger partial charge is 0.507 e. The smallest absolute Gasteiger partial charge is 0.295 e. The minimum Gasteiger partial charge on any atom is -0.507 e. The molecule has 1 aromatic heterocycles. The number of furan rings is 1. The monoisotopic (exact) mass is 427 g/mol. The van der Waals surface area contributed by atoms with E-state index in [1.807, 2.05) is 27.7 Å². The van der Waals surface area contributed by atoms with Gasteiger partial charge < -0.3 is 23.9 Å². The molecule has 1 fully saturated rings. The van der Waals surface area contributed by atoms with E-state index in [0.29, 0.717) is 22.8 Å². The number of ketones is 1. The number of likely N-dealkylation sites (tertiary alicyclic amines) is 1. The van der Waals surface area contributed by atoms with Gasteiger partial charge in [0.25, 0.3) is 11.7 Å². The molecule has 0 aliphatic carbocycles. The van der Waals surface area contributed by atoms with Gasteiger partial charge in [-0.25, -0.2) is 0 Å². The summed E-state index contributed by atoms with van der Waals surface area (Å²) < 4.78 is 16.7. The van der Waals surface area contributed by atoms with Crippen LogP contribution in [0.2, 0.25) is 0 Å². The first-order valence-corrected chi connectivity index (χ1v) is 10.3. The number of nitrogens with zero attached hydrogens (tertiary/aromatic N) is 1. The van der Waals surface area contributed by atoms with Crippen LogP contribution in [-0.4, -0.2) is 48.1 Å². The Morgan fingerprint density at radius 2 is 1.87 bits per heavy atom. The van der Waals surface area contributed by atoms with Crippen LogP contribution in [-0.2, 0) is 14.3 Å². The number of amides is 1. The first-order chi connectivity index (χ1) is 14.6. The third kappa shape index (κ3) is 4.37. The molecule has 1 saturated heterocycles. The van der Waals surface area contributed by atoms with Crippen molar-refractivity contribution >= 4 is 17.4 Å². The number of carbonyl (C=O) groups is 2. The van der Waals surface area contributed by atoms with Crippen LogP contribution in [0.4, 0.5) is 0 Å². The minimum atomic E-state index is -0.828. The van der Waals surface area contributed by atoms with Crippen LogP contribution >= 0.6 is 0 Å². The van der Waals surface area contributed by atoms with E-state index >= 15 is 0 Å². The summed E-state index contributed by atoms with van der Waals surface area (Å²) in [6.07, 6.45) is -0.00828. The van der Waals surface area contributed by atoms with Crippen LogP contribution in [0, 0.1) is 20.8 Å². The second-order valence-corrected chi connectivity index (χ2v) is 8.00. The Hall–Kier alpha value is -3.06. The fourth-order valence-electron chi connectivity index (χ4n) is 3.80. The van der Waals surface area contributed by atoms with Crippen LogP contribution in [0.3, 0.4) is 0 Å². The van der Waals surface area contributed by atoms with Crippen molar-refractivity contribution in [3.8, 4) is 5.75 Å². The molecule has 1 aliphatic heterocycles. The fourth-order valence-corrected chi connectivity index (χ4v) is 3.80. The Labute approximate surface area is 182 Å². The number of methoxy groups -OCH3 is 1. The number of benzene rings is 1. The van der Waals surface area contributed by atoms with Crippen molar-refractivity contribution in [1.82, 2.24) is 4.90 Å². The SMILES string of the molecule is COc1cc(C)c(/C(O)=C2\C(=O)C(=O)N(CCOC(C)C)C2c2ccc(C)o2)cc1C. The summed E-state index contributed by atoms with van der Waals surface area (Å²) in [4.78, 5) is 27.3. The highest BCUT2D eigenvalue weighted by atomic mass is 16.5. The summed E-state index contributed by atoms with van der Waals surface area (Å²) in [6.45, 7) is 9.72. The van der Waals surface area contributed by atoms with E-state index in [1.165, 1.54) is 4.90 Å². The van der Waals surface area contributed by atoms with Crippen molar-refractivity contribution in [2.24, 2.45) is 0 Å². The van der Waals surface area contributed by atoms with Gasteiger partial charge >= 0.3 is 0 Å². The topological polar surface area (TPSA) is 89.2 Å². The van der Waals surface area contributed by atoms with Gasteiger partial charge in [0.15, 0.2) is 0 Å². The van der Waals surface area contributed by atoms with Crippen molar-refractivity contribution in [1.29, 1.82) is 0 Å². The van der Waals surface area contributed by atoms with E-state index in [1.54, 1.807) is 38.3 Å². The Balaban J connectivity index is 2.13. The molecule has 1 N–H and O–H groups in total. The number of carbonyl (C=O) groups excluding carboxylic acids is 2. The van der Waals surface area contributed by atoms with Crippen LogP contribution in [0.15, 0.2) is 34.3 Å². The number of ether oxygens (including phenoxy) is 2. The van der Waals surface area contributed by atoms with Crippen molar-refractivity contribution in [2.75, 3.05) is 20.3 Å². The van der Waals surface area contributed by atoms with Crippen molar-refractivity contribution in [3.63, 3.8) is 0 Å². The van der Waals surface area contributed by atoms with Crippen molar-refractivity contribution in [3.05, 3.63) is 58.0 Å². The Morgan fingerprint density at radius 3 is 2.45 bits per heavy atom. The maximum Gasteiger partial charge on any atom is 0.295 e. The maximum atomic E-state index is 13.0. The van der Waals surface area contributed by atoms with E-state index in [2.05, 4.69) is 0 Å². The highest BCUT2D eigenvalue weighted by Gasteiger charge is 2.47. The lowest BCUT2D eigenvalue weighted by Gasteiger charge is -2.24. The van der Waals surface area contributed by atoms with Crippen LogP contribution in [0.25, 0.3) is 5.76 Å². The van der Waals surface area contributed by atoms with E-state index in [-0.39, 0.29) is 30.6 Å². The van der Waals surface area contributed by atoms with Gasteiger partial charge in [-0.1, -0.05) is 0 Å². The van der Waals surface area contributed by atoms with Gasteiger partial charge in [0.2, 0.25) is 0 Å². The zero-order valence-electron chi connectivity index (χ0n) is 18.8. The highest BCUT2D eigenvalue weighted by Crippen LogP contribution is 2.41. The molecule has 7 heteroatoms. The number of aryl methyl sites for hydroxylation is 3. The predicted octanol–water partition coefficient (Wildman–Crippen LogP) is 4.06. The fraction of sp³-hybridized carbons (Fsp3) is 0.417. The lowest BCUT2D eigenvalue weighted by atomic mass is 9.95. The van der Waals surface area contributed by atoms with E-state index in [0.717, 1.165) is 11.1 Å². The maximum absolute atomic E-state index is 13.0. The zero-order chi connectivity index (χ0) is 22.9. The minimum absolute atomic E-state index is 0.00828.